The summed E-state index contributed by atoms with van der Waals surface area (Å²) in [6.07, 6.45) is 1.37. The van der Waals surface area contributed by atoms with Gasteiger partial charge in [0.05, 0.1) is 12.5 Å². The molecule has 0 spiro atoms. The van der Waals surface area contributed by atoms with Gasteiger partial charge in [0, 0.05) is 5.56 Å². The lowest BCUT2D eigenvalue weighted by Crippen LogP contribution is -2.44. The summed E-state index contributed by atoms with van der Waals surface area (Å²) >= 11 is 0. The van der Waals surface area contributed by atoms with E-state index in [2.05, 4.69) is 5.32 Å². The number of ketones is 1. The first-order valence-corrected chi connectivity index (χ1v) is 6.16. The van der Waals surface area contributed by atoms with Crippen molar-refractivity contribution >= 4 is 5.78 Å². The zero-order chi connectivity index (χ0) is 13.2. The summed E-state index contributed by atoms with van der Waals surface area (Å²) in [6.45, 7) is 3.11. The van der Waals surface area contributed by atoms with Crippen LogP contribution in [0, 0.1) is 5.82 Å². The van der Waals surface area contributed by atoms with E-state index in [9.17, 15) is 9.18 Å². The van der Waals surface area contributed by atoms with Crippen LogP contribution in [-0.4, -0.2) is 26.0 Å². The van der Waals surface area contributed by atoms with E-state index in [1.54, 1.807) is 20.1 Å². The molecule has 1 N–H and O–H groups in total. The molecule has 2 rings (SSSR count). The molecule has 1 aliphatic heterocycles. The molecule has 0 aromatic heterocycles. The van der Waals surface area contributed by atoms with Gasteiger partial charge in [0.25, 0.3) is 0 Å². The first-order valence-electron chi connectivity index (χ1n) is 6.16. The Kier molecular flexibility index (Phi) is 3.66. The summed E-state index contributed by atoms with van der Waals surface area (Å²) < 4.78 is 18.8. The minimum atomic E-state index is -0.612. The molecule has 1 fully saturated rings. The number of Topliss-reactive ketones (excluding diaryl/α,β-unsaturated/α-hetero) is 1. The predicted molar refractivity (Wildman–Crippen MR) is 67.4 cm³/mol. The maximum atomic E-state index is 13.5. The summed E-state index contributed by atoms with van der Waals surface area (Å²) in [5.74, 6) is 0.339. The first-order chi connectivity index (χ1) is 8.60. The van der Waals surface area contributed by atoms with E-state index in [0.29, 0.717) is 24.2 Å². The monoisotopic (exact) mass is 251 g/mol. The van der Waals surface area contributed by atoms with Crippen LogP contribution in [0.4, 0.5) is 4.39 Å². The standard InChI is InChI=1S/C14H18FNO2/c1-10(17)14(5-7-16-8-6-14)12-9-11(15)3-4-13(12)18-2/h3-4,9,16H,5-8H2,1-2H3. The van der Waals surface area contributed by atoms with Gasteiger partial charge in [-0.2, -0.15) is 0 Å². The molecular weight excluding hydrogens is 233 g/mol. The van der Waals surface area contributed by atoms with E-state index in [1.807, 2.05) is 0 Å². The van der Waals surface area contributed by atoms with Crippen LogP contribution in [0.5, 0.6) is 5.75 Å². The molecular formula is C14H18FNO2. The molecule has 0 atom stereocenters. The lowest BCUT2D eigenvalue weighted by molar-refractivity contribution is -0.123. The minimum absolute atomic E-state index is 0.0768. The normalized spacial score (nSPS) is 18.4. The van der Waals surface area contributed by atoms with E-state index in [1.165, 1.54) is 12.1 Å². The van der Waals surface area contributed by atoms with Crippen LogP contribution in [0.3, 0.4) is 0 Å². The molecule has 0 saturated carbocycles. The Morgan fingerprint density at radius 1 is 1.39 bits per heavy atom. The number of nitrogens with one attached hydrogen (secondary N) is 1. The molecule has 1 aromatic carbocycles. The highest BCUT2D eigenvalue weighted by molar-refractivity contribution is 5.89. The fraction of sp³-hybridized carbons (Fsp3) is 0.500. The molecule has 0 radical (unpaired) electrons. The van der Waals surface area contributed by atoms with Crippen molar-refractivity contribution in [2.75, 3.05) is 20.2 Å². The van der Waals surface area contributed by atoms with Crippen LogP contribution in [0.1, 0.15) is 25.3 Å². The Balaban J connectivity index is 2.54. The van der Waals surface area contributed by atoms with Crippen LogP contribution in [0.25, 0.3) is 0 Å². The first kappa shape index (κ1) is 13.0. The molecule has 1 heterocycles. The number of carbonyl (C=O) groups is 1. The Morgan fingerprint density at radius 2 is 2.06 bits per heavy atom. The summed E-state index contributed by atoms with van der Waals surface area (Å²) in [4.78, 5) is 12.1. The van der Waals surface area contributed by atoms with E-state index in [0.717, 1.165) is 13.1 Å². The predicted octanol–water partition coefficient (Wildman–Crippen LogP) is 2.04. The summed E-state index contributed by atoms with van der Waals surface area (Å²) in [5.41, 5.74) is 0.0672. The van der Waals surface area contributed by atoms with E-state index in [4.69, 9.17) is 4.74 Å². The average Bonchev–Trinajstić information content (AvgIpc) is 2.39. The van der Waals surface area contributed by atoms with Gasteiger partial charge in [0.15, 0.2) is 0 Å². The smallest absolute Gasteiger partial charge is 0.140 e. The number of carbonyl (C=O) groups excluding carboxylic acids is 1. The lowest BCUT2D eigenvalue weighted by Gasteiger charge is -2.36. The Bertz CT molecular complexity index is 453. The highest BCUT2D eigenvalue weighted by Gasteiger charge is 2.40. The quantitative estimate of drug-likeness (QED) is 0.893. The Morgan fingerprint density at radius 3 is 2.61 bits per heavy atom. The highest BCUT2D eigenvalue weighted by atomic mass is 19.1. The van der Waals surface area contributed by atoms with Gasteiger partial charge in [0.2, 0.25) is 0 Å². The van der Waals surface area contributed by atoms with Gasteiger partial charge in [-0.25, -0.2) is 4.39 Å². The van der Waals surface area contributed by atoms with Gasteiger partial charge < -0.3 is 10.1 Å². The molecule has 0 amide bonds. The van der Waals surface area contributed by atoms with Crippen LogP contribution >= 0.6 is 0 Å². The number of hydrogen-bond acceptors (Lipinski definition) is 3. The van der Waals surface area contributed by atoms with Crippen molar-refractivity contribution in [3.8, 4) is 5.75 Å². The van der Waals surface area contributed by atoms with Crippen LogP contribution < -0.4 is 10.1 Å². The second kappa shape index (κ2) is 5.06. The second-order valence-corrected chi connectivity index (χ2v) is 4.73. The van der Waals surface area contributed by atoms with Crippen LogP contribution in [0.15, 0.2) is 18.2 Å². The molecule has 0 bridgehead atoms. The third-order valence-electron chi connectivity index (χ3n) is 3.81. The Labute approximate surface area is 106 Å². The number of halogens is 1. The molecule has 1 aliphatic rings. The highest BCUT2D eigenvalue weighted by Crippen LogP contribution is 2.39. The van der Waals surface area contributed by atoms with Crippen LogP contribution in [0.2, 0.25) is 0 Å². The topological polar surface area (TPSA) is 38.3 Å². The Hall–Kier alpha value is -1.42. The minimum Gasteiger partial charge on any atom is -0.496 e. The number of methoxy groups -OCH3 is 1. The SMILES string of the molecule is COc1ccc(F)cc1C1(C(C)=O)CCNCC1. The summed E-state index contributed by atoms with van der Waals surface area (Å²) in [7, 11) is 1.55. The van der Waals surface area contributed by atoms with Crippen LogP contribution in [-0.2, 0) is 10.2 Å². The van der Waals surface area contributed by atoms with E-state index >= 15 is 0 Å². The van der Waals surface area contributed by atoms with Crippen molar-refractivity contribution in [1.82, 2.24) is 5.32 Å². The van der Waals surface area contributed by atoms with Gasteiger partial charge in [-0.3, -0.25) is 4.79 Å². The van der Waals surface area contributed by atoms with Crippen molar-refractivity contribution in [2.45, 2.75) is 25.2 Å². The van der Waals surface area contributed by atoms with Crippen molar-refractivity contribution in [3.63, 3.8) is 0 Å². The van der Waals surface area contributed by atoms with Gasteiger partial charge in [-0.05, 0) is 51.1 Å². The average molecular weight is 251 g/mol. The second-order valence-electron chi connectivity index (χ2n) is 4.73. The molecule has 4 heteroatoms. The van der Waals surface area contributed by atoms with Gasteiger partial charge in [-0.15, -0.1) is 0 Å². The summed E-state index contributed by atoms with van der Waals surface area (Å²) in [5, 5.41) is 3.23. The van der Waals surface area contributed by atoms with E-state index < -0.39 is 5.41 Å². The van der Waals surface area contributed by atoms with E-state index in [-0.39, 0.29) is 11.6 Å². The van der Waals surface area contributed by atoms with Gasteiger partial charge in [-0.1, -0.05) is 0 Å². The van der Waals surface area contributed by atoms with Gasteiger partial charge in [0.1, 0.15) is 17.3 Å². The largest absolute Gasteiger partial charge is 0.496 e. The third-order valence-corrected chi connectivity index (χ3v) is 3.81. The molecule has 98 valence electrons. The third kappa shape index (κ3) is 2.12. The molecule has 1 saturated heterocycles. The zero-order valence-corrected chi connectivity index (χ0v) is 10.8. The lowest BCUT2D eigenvalue weighted by atomic mass is 9.70. The zero-order valence-electron chi connectivity index (χ0n) is 10.8. The fourth-order valence-corrected chi connectivity index (χ4v) is 2.72. The molecule has 3 nitrogen and oxygen atoms in total. The number of ether oxygens (including phenoxy) is 1. The molecule has 18 heavy (non-hydrogen) atoms. The fourth-order valence-electron chi connectivity index (χ4n) is 2.72. The maximum absolute atomic E-state index is 13.5. The van der Waals surface area contributed by atoms with Crippen molar-refractivity contribution in [3.05, 3.63) is 29.6 Å². The maximum Gasteiger partial charge on any atom is 0.140 e. The molecule has 0 unspecified atom stereocenters. The van der Waals surface area contributed by atoms with Crippen molar-refractivity contribution in [2.24, 2.45) is 0 Å². The molecule has 1 aromatic rings. The summed E-state index contributed by atoms with van der Waals surface area (Å²) in [6, 6.07) is 4.39. The number of piperidine rings is 1. The van der Waals surface area contributed by atoms with Crippen molar-refractivity contribution < 1.29 is 13.9 Å². The number of benzene rings is 1. The van der Waals surface area contributed by atoms with Gasteiger partial charge >= 0.3 is 0 Å². The number of hydrogen-bond donors (Lipinski definition) is 1. The number of rotatable bonds is 3. The van der Waals surface area contributed by atoms with Crippen molar-refractivity contribution in [1.29, 1.82) is 0 Å². The molecule has 0 aliphatic carbocycles.